The van der Waals surface area contributed by atoms with Crippen LogP contribution in [0.4, 0.5) is 0 Å². The van der Waals surface area contributed by atoms with E-state index in [4.69, 9.17) is 14.5 Å². The van der Waals surface area contributed by atoms with Crippen molar-refractivity contribution >= 4 is 17.3 Å². The van der Waals surface area contributed by atoms with Crippen molar-refractivity contribution in [2.24, 2.45) is 4.99 Å². The maximum absolute atomic E-state index is 5.94. The molecule has 0 amide bonds. The number of hydrogen-bond acceptors (Lipinski definition) is 5. The Morgan fingerprint density at radius 1 is 1.40 bits per heavy atom. The molecule has 1 fully saturated rings. The minimum absolute atomic E-state index is 0.370. The van der Waals surface area contributed by atoms with Gasteiger partial charge in [-0.2, -0.15) is 0 Å². The molecule has 0 aliphatic carbocycles. The maximum Gasteiger partial charge on any atom is 0.193 e. The second kappa shape index (κ2) is 11.4. The SMILES string of the molecule is CCNC(=NCCc1ncc(C)s1)N1CCC(OCCCOC)CC1. The largest absolute Gasteiger partial charge is 0.385 e. The third kappa shape index (κ3) is 7.30. The summed E-state index contributed by atoms with van der Waals surface area (Å²) in [6.45, 7) is 9.44. The standard InChI is InChI=1S/C18H32N4O2S/c1-4-19-18(20-9-6-17-21-14-15(2)25-17)22-10-7-16(8-11-22)24-13-5-12-23-3/h14,16H,4-13H2,1-3H3,(H,19,20). The summed E-state index contributed by atoms with van der Waals surface area (Å²) in [5.74, 6) is 1.02. The molecule has 2 rings (SSSR count). The van der Waals surface area contributed by atoms with Gasteiger partial charge >= 0.3 is 0 Å². The lowest BCUT2D eigenvalue weighted by Gasteiger charge is -2.34. The average molecular weight is 369 g/mol. The van der Waals surface area contributed by atoms with Crippen molar-refractivity contribution in [3.05, 3.63) is 16.1 Å². The number of aromatic nitrogens is 1. The summed E-state index contributed by atoms with van der Waals surface area (Å²) < 4.78 is 11.0. The van der Waals surface area contributed by atoms with Crippen molar-refractivity contribution in [1.29, 1.82) is 0 Å². The third-order valence-corrected chi connectivity index (χ3v) is 5.15. The maximum atomic E-state index is 5.94. The Morgan fingerprint density at radius 2 is 2.20 bits per heavy atom. The molecule has 0 unspecified atom stereocenters. The molecule has 0 bridgehead atoms. The molecular formula is C18H32N4O2S. The van der Waals surface area contributed by atoms with Crippen LogP contribution in [0.15, 0.2) is 11.2 Å². The van der Waals surface area contributed by atoms with Crippen molar-refractivity contribution in [3.63, 3.8) is 0 Å². The van der Waals surface area contributed by atoms with E-state index < -0.39 is 0 Å². The third-order valence-electron chi connectivity index (χ3n) is 4.18. The molecule has 0 aromatic carbocycles. The molecule has 142 valence electrons. The predicted molar refractivity (Wildman–Crippen MR) is 104 cm³/mol. The second-order valence-electron chi connectivity index (χ2n) is 6.25. The van der Waals surface area contributed by atoms with Gasteiger partial charge in [-0.1, -0.05) is 0 Å². The fourth-order valence-corrected chi connectivity index (χ4v) is 3.66. The molecule has 0 saturated carbocycles. The second-order valence-corrected chi connectivity index (χ2v) is 7.57. The number of thiazole rings is 1. The van der Waals surface area contributed by atoms with E-state index in [9.17, 15) is 0 Å². The molecule has 0 radical (unpaired) electrons. The van der Waals surface area contributed by atoms with Gasteiger partial charge in [-0.3, -0.25) is 4.99 Å². The first-order chi connectivity index (χ1) is 12.2. The smallest absolute Gasteiger partial charge is 0.193 e. The van der Waals surface area contributed by atoms with Crippen molar-refractivity contribution in [3.8, 4) is 0 Å². The fourth-order valence-electron chi connectivity index (χ4n) is 2.89. The van der Waals surface area contributed by atoms with E-state index in [-0.39, 0.29) is 0 Å². The predicted octanol–water partition coefficient (Wildman–Crippen LogP) is 2.48. The van der Waals surface area contributed by atoms with E-state index >= 15 is 0 Å². The minimum Gasteiger partial charge on any atom is -0.385 e. The highest BCUT2D eigenvalue weighted by molar-refractivity contribution is 7.11. The number of aliphatic imine (C=N–C) groups is 1. The van der Waals surface area contributed by atoms with Crippen molar-refractivity contribution in [2.75, 3.05) is 46.5 Å². The summed E-state index contributed by atoms with van der Waals surface area (Å²) in [5, 5.41) is 4.59. The lowest BCUT2D eigenvalue weighted by atomic mass is 10.1. The monoisotopic (exact) mass is 368 g/mol. The van der Waals surface area contributed by atoms with E-state index in [1.165, 1.54) is 9.88 Å². The number of methoxy groups -OCH3 is 1. The first-order valence-electron chi connectivity index (χ1n) is 9.28. The van der Waals surface area contributed by atoms with Crippen LogP contribution in [-0.2, 0) is 15.9 Å². The van der Waals surface area contributed by atoms with Gasteiger partial charge in [-0.15, -0.1) is 11.3 Å². The van der Waals surface area contributed by atoms with Gasteiger partial charge in [-0.25, -0.2) is 4.98 Å². The van der Waals surface area contributed by atoms with Gasteiger partial charge in [0, 0.05) is 64.0 Å². The number of hydrogen-bond donors (Lipinski definition) is 1. The van der Waals surface area contributed by atoms with E-state index in [0.717, 1.165) is 71.0 Å². The van der Waals surface area contributed by atoms with E-state index in [0.29, 0.717) is 6.10 Å². The van der Waals surface area contributed by atoms with Gasteiger partial charge < -0.3 is 19.7 Å². The van der Waals surface area contributed by atoms with Crippen LogP contribution in [0.5, 0.6) is 0 Å². The topological polar surface area (TPSA) is 59.0 Å². The molecule has 1 aliphatic rings. The molecule has 1 saturated heterocycles. The van der Waals surface area contributed by atoms with E-state index in [2.05, 4.69) is 29.0 Å². The summed E-state index contributed by atoms with van der Waals surface area (Å²) in [6, 6.07) is 0. The Hall–Kier alpha value is -1.18. The Labute approximate surface area is 155 Å². The van der Waals surface area contributed by atoms with Crippen LogP contribution in [0, 0.1) is 6.92 Å². The van der Waals surface area contributed by atoms with Crippen LogP contribution in [0.1, 0.15) is 36.1 Å². The highest BCUT2D eigenvalue weighted by Crippen LogP contribution is 2.15. The van der Waals surface area contributed by atoms with Crippen LogP contribution in [-0.4, -0.2) is 68.4 Å². The molecule has 25 heavy (non-hydrogen) atoms. The van der Waals surface area contributed by atoms with Crippen LogP contribution >= 0.6 is 11.3 Å². The lowest BCUT2D eigenvalue weighted by Crippen LogP contribution is -2.47. The van der Waals surface area contributed by atoms with Crippen LogP contribution < -0.4 is 5.32 Å². The van der Waals surface area contributed by atoms with Gasteiger partial charge in [-0.05, 0) is 33.1 Å². The summed E-state index contributed by atoms with van der Waals surface area (Å²) in [4.78, 5) is 12.8. The van der Waals surface area contributed by atoms with Crippen molar-refractivity contribution in [2.45, 2.75) is 45.6 Å². The zero-order valence-corrected chi connectivity index (χ0v) is 16.6. The molecule has 0 atom stereocenters. The van der Waals surface area contributed by atoms with Crippen LogP contribution in [0.25, 0.3) is 0 Å². The highest BCUT2D eigenvalue weighted by Gasteiger charge is 2.21. The Kier molecular flexibility index (Phi) is 9.21. The molecule has 6 nitrogen and oxygen atoms in total. The number of ether oxygens (including phenoxy) is 2. The zero-order chi connectivity index (χ0) is 17.9. The number of nitrogens with zero attached hydrogens (tertiary/aromatic N) is 3. The zero-order valence-electron chi connectivity index (χ0n) is 15.8. The number of piperidine rings is 1. The van der Waals surface area contributed by atoms with Gasteiger partial charge in [0.2, 0.25) is 0 Å². The molecule has 1 N–H and O–H groups in total. The van der Waals surface area contributed by atoms with E-state index in [1.807, 2.05) is 6.20 Å². The fraction of sp³-hybridized carbons (Fsp3) is 0.778. The Balaban J connectivity index is 1.75. The van der Waals surface area contributed by atoms with Gasteiger partial charge in [0.1, 0.15) is 0 Å². The van der Waals surface area contributed by atoms with Gasteiger partial charge in [0.15, 0.2) is 5.96 Å². The Bertz CT molecular complexity index is 513. The average Bonchev–Trinajstić information content (AvgIpc) is 3.04. The quantitative estimate of drug-likeness (QED) is 0.412. The van der Waals surface area contributed by atoms with Crippen LogP contribution in [0.2, 0.25) is 0 Å². The summed E-state index contributed by atoms with van der Waals surface area (Å²) in [5.41, 5.74) is 0. The molecular weight excluding hydrogens is 336 g/mol. The van der Waals surface area contributed by atoms with Gasteiger partial charge in [0.05, 0.1) is 11.1 Å². The molecule has 7 heteroatoms. The number of likely N-dealkylation sites (tertiary alicyclic amines) is 1. The summed E-state index contributed by atoms with van der Waals surface area (Å²) >= 11 is 1.76. The number of aryl methyl sites for hydroxylation is 1. The van der Waals surface area contributed by atoms with Crippen molar-refractivity contribution < 1.29 is 9.47 Å². The molecule has 1 aromatic rings. The summed E-state index contributed by atoms with van der Waals surface area (Å²) in [7, 11) is 1.73. The molecule has 1 aromatic heterocycles. The summed E-state index contributed by atoms with van der Waals surface area (Å²) in [6.07, 6.45) is 6.30. The molecule has 2 heterocycles. The van der Waals surface area contributed by atoms with Gasteiger partial charge in [0.25, 0.3) is 0 Å². The Morgan fingerprint density at radius 3 is 2.84 bits per heavy atom. The first kappa shape index (κ1) is 20.1. The molecule has 1 aliphatic heterocycles. The minimum atomic E-state index is 0.370. The lowest BCUT2D eigenvalue weighted by molar-refractivity contribution is 0.00991. The van der Waals surface area contributed by atoms with Crippen molar-refractivity contribution in [1.82, 2.24) is 15.2 Å². The number of rotatable bonds is 9. The number of nitrogens with one attached hydrogen (secondary N) is 1. The highest BCUT2D eigenvalue weighted by atomic mass is 32.1. The number of guanidine groups is 1. The molecule has 0 spiro atoms. The van der Waals surface area contributed by atoms with E-state index in [1.54, 1.807) is 18.4 Å². The van der Waals surface area contributed by atoms with Crippen LogP contribution in [0.3, 0.4) is 0 Å². The normalized spacial score (nSPS) is 16.4. The first-order valence-corrected chi connectivity index (χ1v) is 10.1.